The Hall–Kier alpha value is -1.54. The summed E-state index contributed by atoms with van der Waals surface area (Å²) in [4.78, 5) is 25.2. The second kappa shape index (κ2) is 7.02. The number of carbonyl (C=O) groups is 2. The molecule has 0 unspecified atom stereocenters. The molecular formula is C10H22N4O4. The van der Waals surface area contributed by atoms with Gasteiger partial charge in [0.15, 0.2) is 0 Å². The molecule has 0 aliphatic rings. The Morgan fingerprint density at radius 1 is 1.06 bits per heavy atom. The van der Waals surface area contributed by atoms with Gasteiger partial charge in [-0.15, -0.1) is 0 Å². The highest BCUT2D eigenvalue weighted by molar-refractivity contribution is 5.76. The number of carbonyl (C=O) groups excluding carboxylic acids is 2. The molecule has 0 saturated heterocycles. The normalized spacial score (nSPS) is 11.1. The first-order valence-corrected chi connectivity index (χ1v) is 5.71. The van der Waals surface area contributed by atoms with Crippen molar-refractivity contribution in [3.05, 3.63) is 0 Å². The molecule has 0 atom stereocenters. The van der Waals surface area contributed by atoms with Gasteiger partial charge < -0.3 is 21.7 Å². The van der Waals surface area contributed by atoms with E-state index in [0.29, 0.717) is 6.42 Å². The van der Waals surface area contributed by atoms with Crippen LogP contribution < -0.4 is 11.5 Å². The number of hydrogen-bond acceptors (Lipinski definition) is 4. The Bertz CT molecular complexity index is 274. The minimum atomic E-state index is -1.08. The van der Waals surface area contributed by atoms with Gasteiger partial charge in [0, 0.05) is 13.1 Å². The van der Waals surface area contributed by atoms with E-state index in [0.717, 1.165) is 9.80 Å². The highest BCUT2D eigenvalue weighted by Crippen LogP contribution is 2.24. The van der Waals surface area contributed by atoms with Crippen LogP contribution in [0.1, 0.15) is 20.3 Å². The lowest BCUT2D eigenvalue weighted by Crippen LogP contribution is -2.65. The highest BCUT2D eigenvalue weighted by atomic mass is 16.3. The summed E-state index contributed by atoms with van der Waals surface area (Å²) >= 11 is 0. The minimum absolute atomic E-state index is 0.0190. The van der Waals surface area contributed by atoms with Crippen LogP contribution in [0.4, 0.5) is 9.59 Å². The predicted molar refractivity (Wildman–Crippen MR) is 65.4 cm³/mol. The van der Waals surface area contributed by atoms with Crippen LogP contribution >= 0.6 is 0 Å². The molecule has 0 radical (unpaired) electrons. The van der Waals surface area contributed by atoms with Gasteiger partial charge in [0.2, 0.25) is 0 Å². The van der Waals surface area contributed by atoms with E-state index in [1.807, 2.05) is 0 Å². The third-order valence-corrected chi connectivity index (χ3v) is 3.01. The molecule has 0 bridgehead atoms. The first-order valence-electron chi connectivity index (χ1n) is 5.71. The molecule has 4 amide bonds. The third kappa shape index (κ3) is 3.47. The number of aliphatic hydroxyl groups is 2. The number of aliphatic hydroxyl groups excluding tert-OH is 2. The number of amides is 4. The maximum Gasteiger partial charge on any atom is 0.316 e. The van der Waals surface area contributed by atoms with Crippen molar-refractivity contribution in [3.63, 3.8) is 0 Å². The van der Waals surface area contributed by atoms with E-state index in [1.165, 1.54) is 0 Å². The second-order valence-electron chi connectivity index (χ2n) is 4.00. The molecule has 0 aromatic carbocycles. The fraction of sp³-hybridized carbons (Fsp3) is 0.800. The molecule has 0 spiro atoms. The summed E-state index contributed by atoms with van der Waals surface area (Å²) < 4.78 is 0. The molecule has 8 nitrogen and oxygen atoms in total. The van der Waals surface area contributed by atoms with E-state index in [1.54, 1.807) is 13.8 Å². The zero-order valence-corrected chi connectivity index (χ0v) is 10.8. The zero-order chi connectivity index (χ0) is 14.3. The lowest BCUT2D eigenvalue weighted by molar-refractivity contribution is -0.00557. The smallest absolute Gasteiger partial charge is 0.316 e. The summed E-state index contributed by atoms with van der Waals surface area (Å²) in [6, 6.07) is -1.53. The van der Waals surface area contributed by atoms with Crippen molar-refractivity contribution in [1.82, 2.24) is 9.80 Å². The molecule has 106 valence electrons. The van der Waals surface area contributed by atoms with Gasteiger partial charge in [0.1, 0.15) is 5.66 Å². The number of nitrogens with zero attached hydrogens (tertiary/aromatic N) is 2. The quantitative estimate of drug-likeness (QED) is 0.431. The van der Waals surface area contributed by atoms with Crippen molar-refractivity contribution >= 4 is 12.1 Å². The van der Waals surface area contributed by atoms with Gasteiger partial charge in [0.25, 0.3) is 0 Å². The van der Waals surface area contributed by atoms with Crippen LogP contribution in [-0.4, -0.2) is 64.0 Å². The summed E-state index contributed by atoms with van der Waals surface area (Å²) in [6.07, 6.45) is 0.360. The number of hydrogen-bond donors (Lipinski definition) is 4. The van der Waals surface area contributed by atoms with Gasteiger partial charge in [-0.25, -0.2) is 9.59 Å². The lowest BCUT2D eigenvalue weighted by Gasteiger charge is -2.46. The van der Waals surface area contributed by atoms with Crippen LogP contribution in [0.15, 0.2) is 0 Å². The third-order valence-electron chi connectivity index (χ3n) is 3.01. The summed E-state index contributed by atoms with van der Waals surface area (Å²) in [5, 5.41) is 17.9. The van der Waals surface area contributed by atoms with Gasteiger partial charge in [-0.1, -0.05) is 6.92 Å². The Kier molecular flexibility index (Phi) is 6.42. The van der Waals surface area contributed by atoms with E-state index < -0.39 is 17.7 Å². The average molecular weight is 262 g/mol. The summed E-state index contributed by atoms with van der Waals surface area (Å²) in [7, 11) is 0. The Morgan fingerprint density at radius 3 is 1.56 bits per heavy atom. The van der Waals surface area contributed by atoms with Crippen molar-refractivity contribution in [2.45, 2.75) is 25.9 Å². The van der Waals surface area contributed by atoms with Gasteiger partial charge in [-0.05, 0) is 13.3 Å². The molecule has 18 heavy (non-hydrogen) atoms. The SMILES string of the molecule is CCC(C)(N(CCO)C(N)=O)N(CCO)C(N)=O. The van der Waals surface area contributed by atoms with Crippen molar-refractivity contribution in [2.75, 3.05) is 26.3 Å². The molecular weight excluding hydrogens is 240 g/mol. The Labute approximate surface area is 106 Å². The number of primary amides is 2. The fourth-order valence-corrected chi connectivity index (χ4v) is 1.90. The van der Waals surface area contributed by atoms with Crippen LogP contribution in [0.25, 0.3) is 0 Å². The summed E-state index contributed by atoms with van der Waals surface area (Å²) in [6.45, 7) is 2.74. The van der Waals surface area contributed by atoms with Gasteiger partial charge in [0.05, 0.1) is 13.2 Å². The van der Waals surface area contributed by atoms with E-state index in [4.69, 9.17) is 21.7 Å². The lowest BCUT2D eigenvalue weighted by atomic mass is 10.1. The largest absolute Gasteiger partial charge is 0.395 e. The van der Waals surface area contributed by atoms with E-state index in [2.05, 4.69) is 0 Å². The second-order valence-corrected chi connectivity index (χ2v) is 4.00. The molecule has 0 aromatic heterocycles. The maximum atomic E-state index is 11.4. The monoisotopic (exact) mass is 262 g/mol. The predicted octanol–water partition coefficient (Wildman–Crippen LogP) is -1.14. The Morgan fingerprint density at radius 2 is 1.39 bits per heavy atom. The van der Waals surface area contributed by atoms with Crippen LogP contribution in [-0.2, 0) is 0 Å². The zero-order valence-electron chi connectivity index (χ0n) is 10.8. The standard InChI is InChI=1S/C10H22N4O4/c1-3-10(2,13(4-6-15)8(11)17)14(5-7-16)9(12)18/h15-16H,3-7H2,1-2H3,(H2,11,17)(H2,12,18). The van der Waals surface area contributed by atoms with Crippen LogP contribution in [0.3, 0.4) is 0 Å². The molecule has 0 aliphatic heterocycles. The van der Waals surface area contributed by atoms with E-state index >= 15 is 0 Å². The van der Waals surface area contributed by atoms with Gasteiger partial charge in [-0.3, -0.25) is 9.80 Å². The first-order chi connectivity index (χ1) is 8.34. The molecule has 0 fully saturated rings. The molecule has 0 saturated carbocycles. The summed E-state index contributed by atoms with van der Waals surface area (Å²) in [5.74, 6) is 0. The van der Waals surface area contributed by atoms with Crippen LogP contribution in [0, 0.1) is 0 Å². The first kappa shape index (κ1) is 16.5. The maximum absolute atomic E-state index is 11.4. The average Bonchev–Trinajstić information content (AvgIpc) is 2.31. The highest BCUT2D eigenvalue weighted by Gasteiger charge is 2.40. The van der Waals surface area contributed by atoms with Crippen molar-refractivity contribution < 1.29 is 19.8 Å². The van der Waals surface area contributed by atoms with Crippen molar-refractivity contribution in [1.29, 1.82) is 0 Å². The molecule has 8 heteroatoms. The molecule has 6 N–H and O–H groups in total. The molecule has 0 heterocycles. The molecule has 0 aliphatic carbocycles. The minimum Gasteiger partial charge on any atom is -0.395 e. The topological polar surface area (TPSA) is 133 Å². The van der Waals surface area contributed by atoms with E-state index in [-0.39, 0.29) is 26.3 Å². The van der Waals surface area contributed by atoms with Crippen LogP contribution in [0.2, 0.25) is 0 Å². The number of rotatable bonds is 7. The van der Waals surface area contributed by atoms with E-state index in [9.17, 15) is 9.59 Å². The van der Waals surface area contributed by atoms with Crippen molar-refractivity contribution in [3.8, 4) is 0 Å². The molecule has 0 aromatic rings. The number of nitrogens with two attached hydrogens (primary N) is 2. The van der Waals surface area contributed by atoms with Gasteiger partial charge in [-0.2, -0.15) is 0 Å². The van der Waals surface area contributed by atoms with Gasteiger partial charge >= 0.3 is 12.1 Å². The number of urea groups is 2. The summed E-state index contributed by atoms with van der Waals surface area (Å²) in [5.41, 5.74) is 9.43. The Balaban J connectivity index is 5.37. The van der Waals surface area contributed by atoms with Crippen LogP contribution in [0.5, 0.6) is 0 Å². The fourth-order valence-electron chi connectivity index (χ4n) is 1.90. The van der Waals surface area contributed by atoms with Crippen molar-refractivity contribution in [2.24, 2.45) is 11.5 Å². The molecule has 0 rings (SSSR count).